The molecule has 0 aliphatic carbocycles. The molecule has 2 amide bonds. The molecule has 0 aliphatic heterocycles. The van der Waals surface area contributed by atoms with E-state index in [0.29, 0.717) is 0 Å². The fourth-order valence-electron chi connectivity index (χ4n) is 0.984. The summed E-state index contributed by atoms with van der Waals surface area (Å²) >= 11 is 0. The molecule has 0 heterocycles. The molecule has 0 bridgehead atoms. The van der Waals surface area contributed by atoms with Crippen molar-refractivity contribution in [3.8, 4) is 0 Å². The fourth-order valence-corrected chi connectivity index (χ4v) is 0.984. The minimum Gasteiger partial charge on any atom is -0.467 e. The van der Waals surface area contributed by atoms with Crippen LogP contribution in [0, 0.1) is 0 Å². The summed E-state index contributed by atoms with van der Waals surface area (Å²) in [4.78, 5) is 33.8. The molecule has 0 fully saturated rings. The molecular weight excluding hydrogens is 226 g/mol. The van der Waals surface area contributed by atoms with Crippen molar-refractivity contribution >= 4 is 17.8 Å². The molecule has 0 spiro atoms. The van der Waals surface area contributed by atoms with Gasteiger partial charge in [0.15, 0.2) is 0 Å². The maximum absolute atomic E-state index is 11.6. The van der Waals surface area contributed by atoms with Gasteiger partial charge < -0.3 is 21.1 Å². The Kier molecular flexibility index (Phi) is 6.19. The van der Waals surface area contributed by atoms with Crippen LogP contribution in [-0.4, -0.2) is 43.0 Å². The number of nitrogens with one attached hydrogen (secondary N) is 2. The fraction of sp³-hybridized carbons (Fsp3) is 0.700. The summed E-state index contributed by atoms with van der Waals surface area (Å²) in [5, 5.41) is 4.82. The molecule has 0 saturated heterocycles. The van der Waals surface area contributed by atoms with E-state index < -0.39 is 35.9 Å². The number of carbonyl (C=O) groups is 3. The topological polar surface area (TPSA) is 111 Å². The maximum atomic E-state index is 11.6. The highest BCUT2D eigenvalue weighted by molar-refractivity contribution is 5.91. The van der Waals surface area contributed by atoms with Crippen molar-refractivity contribution in [1.82, 2.24) is 10.6 Å². The van der Waals surface area contributed by atoms with E-state index in [0.717, 1.165) is 0 Å². The van der Waals surface area contributed by atoms with Crippen molar-refractivity contribution in [2.75, 3.05) is 7.11 Å². The summed E-state index contributed by atoms with van der Waals surface area (Å²) < 4.78 is 4.45. The van der Waals surface area contributed by atoms with Crippen molar-refractivity contribution in [2.24, 2.45) is 5.73 Å². The maximum Gasteiger partial charge on any atom is 0.328 e. The van der Waals surface area contributed by atoms with Crippen LogP contribution in [0.25, 0.3) is 0 Å². The highest BCUT2D eigenvalue weighted by Gasteiger charge is 2.21. The third-order valence-corrected chi connectivity index (χ3v) is 2.08. The van der Waals surface area contributed by atoms with E-state index in [1.807, 2.05) is 0 Å². The van der Waals surface area contributed by atoms with Crippen LogP contribution >= 0.6 is 0 Å². The molecule has 98 valence electrons. The van der Waals surface area contributed by atoms with Crippen molar-refractivity contribution in [1.29, 1.82) is 0 Å². The molecule has 0 radical (unpaired) electrons. The van der Waals surface area contributed by atoms with Gasteiger partial charge in [-0.1, -0.05) is 0 Å². The van der Waals surface area contributed by atoms with Gasteiger partial charge in [-0.2, -0.15) is 0 Å². The van der Waals surface area contributed by atoms with Crippen LogP contribution in [0.3, 0.4) is 0 Å². The van der Waals surface area contributed by atoms with Gasteiger partial charge in [0, 0.05) is 0 Å². The first-order valence-corrected chi connectivity index (χ1v) is 5.23. The Labute approximate surface area is 100 Å². The first kappa shape index (κ1) is 15.4. The lowest BCUT2D eigenvalue weighted by molar-refractivity contribution is -0.144. The molecule has 0 aliphatic rings. The quantitative estimate of drug-likeness (QED) is 0.511. The lowest BCUT2D eigenvalue weighted by atomic mass is 10.2. The summed E-state index contributed by atoms with van der Waals surface area (Å²) in [6, 6.07) is -2.22. The van der Waals surface area contributed by atoms with Crippen LogP contribution in [0.1, 0.15) is 20.8 Å². The van der Waals surface area contributed by atoms with Crippen LogP contribution in [0.15, 0.2) is 0 Å². The van der Waals surface area contributed by atoms with Gasteiger partial charge in [0.05, 0.1) is 13.2 Å². The van der Waals surface area contributed by atoms with Gasteiger partial charge in [-0.25, -0.2) is 4.79 Å². The third kappa shape index (κ3) is 5.30. The average Bonchev–Trinajstić information content (AvgIpc) is 2.27. The van der Waals surface area contributed by atoms with Crippen LogP contribution < -0.4 is 16.4 Å². The Balaban J connectivity index is 4.23. The molecule has 0 rings (SSSR count). The van der Waals surface area contributed by atoms with Gasteiger partial charge in [0.25, 0.3) is 0 Å². The SMILES string of the molecule is COC(=O)[C@H](C)NC(=O)[C@@H](C)NC(=O)[C@@H](C)N. The number of carbonyl (C=O) groups excluding carboxylic acids is 3. The first-order chi connectivity index (χ1) is 7.79. The van der Waals surface area contributed by atoms with E-state index in [-0.39, 0.29) is 0 Å². The zero-order valence-electron chi connectivity index (χ0n) is 10.4. The van der Waals surface area contributed by atoms with Gasteiger partial charge in [0.1, 0.15) is 12.1 Å². The number of rotatable bonds is 5. The van der Waals surface area contributed by atoms with E-state index in [2.05, 4.69) is 15.4 Å². The van der Waals surface area contributed by atoms with Crippen molar-refractivity contribution < 1.29 is 19.1 Å². The average molecular weight is 245 g/mol. The normalized spacial score (nSPS) is 15.4. The zero-order valence-corrected chi connectivity index (χ0v) is 10.4. The molecule has 0 unspecified atom stereocenters. The van der Waals surface area contributed by atoms with Crippen LogP contribution in [0.4, 0.5) is 0 Å². The second-order valence-corrected chi connectivity index (χ2v) is 3.77. The lowest BCUT2D eigenvalue weighted by Gasteiger charge is -2.17. The molecule has 0 saturated carbocycles. The summed E-state index contributed by atoms with van der Waals surface area (Å²) in [6.07, 6.45) is 0. The zero-order chi connectivity index (χ0) is 13.6. The van der Waals surface area contributed by atoms with E-state index in [1.54, 1.807) is 0 Å². The molecule has 0 aromatic heterocycles. The molecule has 0 aromatic carbocycles. The number of amides is 2. The van der Waals surface area contributed by atoms with Gasteiger partial charge >= 0.3 is 5.97 Å². The standard InChI is InChI=1S/C10H19N3O4/c1-5(11)8(14)12-6(2)9(15)13-7(3)10(16)17-4/h5-7H,11H2,1-4H3,(H,12,14)(H,13,15)/t5-,6-,7+/m1/s1. The monoisotopic (exact) mass is 245 g/mol. The van der Waals surface area contributed by atoms with Gasteiger partial charge in [-0.3, -0.25) is 9.59 Å². The summed E-state index contributed by atoms with van der Waals surface area (Å²) in [5.41, 5.74) is 5.34. The third-order valence-electron chi connectivity index (χ3n) is 2.08. The number of ether oxygens (including phenoxy) is 1. The number of esters is 1. The Hall–Kier alpha value is -1.63. The van der Waals surface area contributed by atoms with Gasteiger partial charge in [-0.15, -0.1) is 0 Å². The highest BCUT2D eigenvalue weighted by atomic mass is 16.5. The minimum atomic E-state index is -0.763. The lowest BCUT2D eigenvalue weighted by Crippen LogP contribution is -2.52. The smallest absolute Gasteiger partial charge is 0.328 e. The number of nitrogens with two attached hydrogens (primary N) is 1. The van der Waals surface area contributed by atoms with Crippen LogP contribution in [-0.2, 0) is 19.1 Å². The largest absolute Gasteiger partial charge is 0.467 e. The van der Waals surface area contributed by atoms with Gasteiger partial charge in [0.2, 0.25) is 11.8 Å². The predicted molar refractivity (Wildman–Crippen MR) is 60.9 cm³/mol. The van der Waals surface area contributed by atoms with Crippen LogP contribution in [0.5, 0.6) is 0 Å². The molecule has 17 heavy (non-hydrogen) atoms. The Bertz CT molecular complexity index is 304. The van der Waals surface area contributed by atoms with Crippen LogP contribution in [0.2, 0.25) is 0 Å². The second kappa shape index (κ2) is 6.85. The molecule has 4 N–H and O–H groups in total. The molecule has 3 atom stereocenters. The summed E-state index contributed by atoms with van der Waals surface area (Å²) in [7, 11) is 1.23. The highest BCUT2D eigenvalue weighted by Crippen LogP contribution is 1.90. The molecule has 0 aromatic rings. The summed E-state index contributed by atoms with van der Waals surface area (Å²) in [6.45, 7) is 4.50. The van der Waals surface area contributed by atoms with Crippen molar-refractivity contribution in [2.45, 2.75) is 38.9 Å². The predicted octanol–water partition coefficient (Wildman–Crippen LogP) is -1.48. The van der Waals surface area contributed by atoms with E-state index in [4.69, 9.17) is 5.73 Å². The number of methoxy groups -OCH3 is 1. The Morgan fingerprint density at radius 3 is 1.88 bits per heavy atom. The van der Waals surface area contributed by atoms with Crippen molar-refractivity contribution in [3.05, 3.63) is 0 Å². The van der Waals surface area contributed by atoms with E-state index in [9.17, 15) is 14.4 Å². The van der Waals surface area contributed by atoms with Crippen molar-refractivity contribution in [3.63, 3.8) is 0 Å². The van der Waals surface area contributed by atoms with Gasteiger partial charge in [-0.05, 0) is 20.8 Å². The number of hydrogen-bond donors (Lipinski definition) is 3. The Morgan fingerprint density at radius 1 is 1.00 bits per heavy atom. The molecule has 7 nitrogen and oxygen atoms in total. The molecular formula is C10H19N3O4. The molecule has 7 heteroatoms. The van der Waals surface area contributed by atoms with E-state index >= 15 is 0 Å². The first-order valence-electron chi connectivity index (χ1n) is 5.23. The second-order valence-electron chi connectivity index (χ2n) is 3.77. The number of hydrogen-bond acceptors (Lipinski definition) is 5. The van der Waals surface area contributed by atoms with E-state index in [1.165, 1.54) is 27.9 Å². The minimum absolute atomic E-state index is 0.432. The Morgan fingerprint density at radius 2 is 1.47 bits per heavy atom. The summed E-state index contributed by atoms with van der Waals surface area (Å²) in [5.74, 6) is -1.46.